The van der Waals surface area contributed by atoms with E-state index in [2.05, 4.69) is 6.92 Å². The molecule has 2 N–H and O–H groups in total. The molecular weight excluding hydrogens is 271 g/mol. The van der Waals surface area contributed by atoms with E-state index in [0.717, 1.165) is 12.8 Å². The molecule has 0 aromatic carbocycles. The van der Waals surface area contributed by atoms with Crippen LogP contribution in [0.15, 0.2) is 0 Å². The van der Waals surface area contributed by atoms with E-state index in [0.29, 0.717) is 6.42 Å². The first-order valence-electron chi connectivity index (χ1n) is 7.05. The molecule has 0 aliphatic rings. The first-order chi connectivity index (χ1) is 8.59. The topological polar surface area (TPSA) is 74.6 Å². The molecule has 0 aromatic heterocycles. The Balaban J connectivity index is -0.00000144. The van der Waals surface area contributed by atoms with Crippen molar-refractivity contribution < 1.29 is 72.6 Å². The maximum absolute atomic E-state index is 10.6. The van der Waals surface area contributed by atoms with Gasteiger partial charge in [-0.1, -0.05) is 64.7 Å². The van der Waals surface area contributed by atoms with Gasteiger partial charge in [0.25, 0.3) is 0 Å². The van der Waals surface area contributed by atoms with Crippen LogP contribution in [0, 0.1) is 5.92 Å². The zero-order chi connectivity index (χ0) is 13.8. The second-order valence-electron chi connectivity index (χ2n) is 4.85. The van der Waals surface area contributed by atoms with Gasteiger partial charge in [0.2, 0.25) is 0 Å². The van der Waals surface area contributed by atoms with Crippen LogP contribution in [-0.2, 0) is 9.59 Å². The molecule has 0 aliphatic heterocycles. The summed E-state index contributed by atoms with van der Waals surface area (Å²) in [6.07, 6.45) is 10.5. The summed E-state index contributed by atoms with van der Waals surface area (Å²) in [5, 5.41) is 17.4. The normalized spacial score (nSPS) is 10.2. The average Bonchev–Trinajstić information content (AvgIpc) is 2.30. The van der Waals surface area contributed by atoms with E-state index in [1.807, 2.05) is 0 Å². The van der Waals surface area contributed by atoms with E-state index in [-0.39, 0.29) is 59.2 Å². The van der Waals surface area contributed by atoms with E-state index in [1.54, 1.807) is 0 Å². The third-order valence-electron chi connectivity index (χ3n) is 3.19. The van der Waals surface area contributed by atoms with Crippen molar-refractivity contribution in [2.24, 2.45) is 5.92 Å². The summed E-state index contributed by atoms with van der Waals surface area (Å²) in [7, 11) is 0. The standard InChI is InChI=1S/C14H26O4.K.H/c1-2-3-4-5-6-7-8-9-10-11-12(13(15)16)14(17)18;;/h12H,2-11H2,1H3,(H,15,16)(H,17,18);;/q;+1;-1. The fourth-order valence-electron chi connectivity index (χ4n) is 2.01. The maximum atomic E-state index is 10.6. The number of hydrogen-bond donors (Lipinski definition) is 2. The van der Waals surface area contributed by atoms with Crippen molar-refractivity contribution >= 4 is 11.9 Å². The van der Waals surface area contributed by atoms with Gasteiger partial charge in [0, 0.05) is 0 Å². The first-order valence-corrected chi connectivity index (χ1v) is 7.05. The predicted octanol–water partition coefficient (Wildman–Crippen LogP) is 0.809. The maximum Gasteiger partial charge on any atom is 1.00 e. The summed E-state index contributed by atoms with van der Waals surface area (Å²) in [6.45, 7) is 2.20. The smallest absolute Gasteiger partial charge is 1.00 e. The van der Waals surface area contributed by atoms with Gasteiger partial charge in [0.15, 0.2) is 5.92 Å². The van der Waals surface area contributed by atoms with E-state index in [1.165, 1.54) is 38.5 Å². The second kappa shape index (κ2) is 15.0. The summed E-state index contributed by atoms with van der Waals surface area (Å²) in [5.41, 5.74) is 0. The molecule has 0 aliphatic carbocycles. The summed E-state index contributed by atoms with van der Waals surface area (Å²) in [5.74, 6) is -3.67. The number of hydrogen-bond acceptors (Lipinski definition) is 2. The Morgan fingerprint density at radius 2 is 1.21 bits per heavy atom. The number of rotatable bonds is 12. The molecule has 0 amide bonds. The Labute approximate surface area is 160 Å². The molecule has 5 heteroatoms. The summed E-state index contributed by atoms with van der Waals surface area (Å²) in [6, 6.07) is 0. The number of carboxylic acids is 2. The third kappa shape index (κ3) is 13.3. The molecule has 0 saturated heterocycles. The molecule has 0 saturated carbocycles. The van der Waals surface area contributed by atoms with E-state index >= 15 is 0 Å². The Kier molecular flexibility index (Phi) is 17.2. The Morgan fingerprint density at radius 3 is 1.58 bits per heavy atom. The largest absolute Gasteiger partial charge is 1.00 e. The van der Waals surface area contributed by atoms with Gasteiger partial charge in [-0.3, -0.25) is 9.59 Å². The molecule has 4 nitrogen and oxygen atoms in total. The SMILES string of the molecule is CCCCCCCCCCCC(C(=O)O)C(=O)O.[H-].[K+]. The Bertz CT molecular complexity index is 235. The number of aliphatic carboxylic acids is 2. The van der Waals surface area contributed by atoms with Crippen LogP contribution in [0.3, 0.4) is 0 Å². The van der Waals surface area contributed by atoms with Crippen molar-refractivity contribution in [2.75, 3.05) is 0 Å². The van der Waals surface area contributed by atoms with Gasteiger partial charge in [-0.25, -0.2) is 0 Å². The zero-order valence-corrected chi connectivity index (χ0v) is 15.5. The molecule has 108 valence electrons. The van der Waals surface area contributed by atoms with Crippen molar-refractivity contribution in [2.45, 2.75) is 71.1 Å². The van der Waals surface area contributed by atoms with Gasteiger partial charge in [0.1, 0.15) is 0 Å². The van der Waals surface area contributed by atoms with Gasteiger partial charge in [-0.05, 0) is 6.42 Å². The van der Waals surface area contributed by atoms with E-state index < -0.39 is 17.9 Å². The van der Waals surface area contributed by atoms with Crippen molar-refractivity contribution in [3.63, 3.8) is 0 Å². The monoisotopic (exact) mass is 298 g/mol. The molecule has 0 unspecified atom stereocenters. The predicted molar refractivity (Wildman–Crippen MR) is 71.7 cm³/mol. The van der Waals surface area contributed by atoms with Crippen LogP contribution in [-0.4, -0.2) is 22.2 Å². The fraction of sp³-hybridized carbons (Fsp3) is 0.857. The molecule has 0 radical (unpaired) electrons. The van der Waals surface area contributed by atoms with Crippen molar-refractivity contribution in [1.82, 2.24) is 0 Å². The average molecular weight is 298 g/mol. The van der Waals surface area contributed by atoms with Crippen molar-refractivity contribution in [1.29, 1.82) is 0 Å². The van der Waals surface area contributed by atoms with Crippen LogP contribution < -0.4 is 51.4 Å². The van der Waals surface area contributed by atoms with Gasteiger partial charge in [-0.15, -0.1) is 0 Å². The van der Waals surface area contributed by atoms with Gasteiger partial charge >= 0.3 is 63.3 Å². The number of carboxylic acid groups (broad SMARTS) is 2. The Hall–Kier alpha value is 0.576. The molecule has 19 heavy (non-hydrogen) atoms. The van der Waals surface area contributed by atoms with Crippen LogP contribution in [0.2, 0.25) is 0 Å². The van der Waals surface area contributed by atoms with Crippen molar-refractivity contribution in [3.05, 3.63) is 0 Å². The van der Waals surface area contributed by atoms with Crippen molar-refractivity contribution in [3.8, 4) is 0 Å². The molecule has 0 fully saturated rings. The third-order valence-corrected chi connectivity index (χ3v) is 3.19. The quantitative estimate of drug-likeness (QED) is 0.318. The van der Waals surface area contributed by atoms with Gasteiger partial charge < -0.3 is 11.6 Å². The minimum Gasteiger partial charge on any atom is -1.00 e. The molecule has 0 aromatic rings. The fourth-order valence-corrected chi connectivity index (χ4v) is 2.01. The van der Waals surface area contributed by atoms with Crippen LogP contribution in [0.1, 0.15) is 72.6 Å². The minimum atomic E-state index is -1.23. The van der Waals surface area contributed by atoms with E-state index in [4.69, 9.17) is 10.2 Å². The minimum absolute atomic E-state index is 0. The van der Waals surface area contributed by atoms with Crippen LogP contribution >= 0.6 is 0 Å². The van der Waals surface area contributed by atoms with Gasteiger partial charge in [0.05, 0.1) is 0 Å². The van der Waals surface area contributed by atoms with Crippen LogP contribution in [0.4, 0.5) is 0 Å². The Morgan fingerprint density at radius 1 is 0.842 bits per heavy atom. The number of carbonyl (C=O) groups is 2. The summed E-state index contributed by atoms with van der Waals surface area (Å²) in [4.78, 5) is 21.3. The molecular formula is C14H27KO4. The second-order valence-corrected chi connectivity index (χ2v) is 4.85. The summed E-state index contributed by atoms with van der Waals surface area (Å²) >= 11 is 0. The molecule has 0 bridgehead atoms. The summed E-state index contributed by atoms with van der Waals surface area (Å²) < 4.78 is 0. The molecule has 0 atom stereocenters. The molecule has 0 rings (SSSR count). The van der Waals surface area contributed by atoms with Crippen LogP contribution in [0.5, 0.6) is 0 Å². The van der Waals surface area contributed by atoms with Crippen LogP contribution in [0.25, 0.3) is 0 Å². The molecule has 0 heterocycles. The number of unbranched alkanes of at least 4 members (excludes halogenated alkanes) is 8. The van der Waals surface area contributed by atoms with E-state index in [9.17, 15) is 9.59 Å². The zero-order valence-electron chi connectivity index (χ0n) is 13.4. The molecule has 0 spiro atoms. The first kappa shape index (κ1) is 21.9. The van der Waals surface area contributed by atoms with Gasteiger partial charge in [-0.2, -0.15) is 0 Å².